The first-order valence-corrected chi connectivity index (χ1v) is 11.5. The monoisotopic (exact) mass is 394 g/mol. The number of hydrogen-bond donors (Lipinski definition) is 2. The average molecular weight is 395 g/mol. The van der Waals surface area contributed by atoms with Crippen molar-refractivity contribution >= 4 is 15.7 Å². The fourth-order valence-electron chi connectivity index (χ4n) is 4.21. The van der Waals surface area contributed by atoms with Crippen LogP contribution in [-0.4, -0.2) is 60.6 Å². The molecule has 1 aromatic carbocycles. The van der Waals surface area contributed by atoms with Crippen LogP contribution in [0.15, 0.2) is 24.3 Å². The number of benzene rings is 1. The Balaban J connectivity index is 1.55. The molecule has 2 saturated heterocycles. The highest BCUT2D eigenvalue weighted by molar-refractivity contribution is 7.91. The van der Waals surface area contributed by atoms with Crippen molar-refractivity contribution in [3.63, 3.8) is 0 Å². The van der Waals surface area contributed by atoms with Crippen molar-refractivity contribution in [3.05, 3.63) is 35.4 Å². The van der Waals surface area contributed by atoms with E-state index < -0.39 is 27.2 Å². The maximum atomic E-state index is 12.8. The van der Waals surface area contributed by atoms with Gasteiger partial charge in [-0.2, -0.15) is 0 Å². The van der Waals surface area contributed by atoms with E-state index in [-0.39, 0.29) is 18.1 Å². The summed E-state index contributed by atoms with van der Waals surface area (Å²) in [4.78, 5) is 14.5. The zero-order valence-electron chi connectivity index (χ0n) is 15.9. The van der Waals surface area contributed by atoms with Gasteiger partial charge in [0.15, 0.2) is 9.84 Å². The smallest absolute Gasteiger partial charge is 0.242 e. The molecule has 0 radical (unpaired) electrons. The minimum absolute atomic E-state index is 0.0562. The molecule has 6 nitrogen and oxygen atoms in total. The summed E-state index contributed by atoms with van der Waals surface area (Å²) in [6.45, 7) is 3.28. The van der Waals surface area contributed by atoms with E-state index in [0.29, 0.717) is 25.4 Å². The first kappa shape index (κ1) is 20.3. The van der Waals surface area contributed by atoms with Crippen LogP contribution in [0.4, 0.5) is 0 Å². The molecule has 0 aromatic heterocycles. The van der Waals surface area contributed by atoms with Crippen LogP contribution in [0.1, 0.15) is 36.8 Å². The summed E-state index contributed by atoms with van der Waals surface area (Å²) in [6, 6.07) is 7.36. The molecular weight excluding hydrogens is 364 g/mol. The minimum Gasteiger partial charge on any atom is -0.387 e. The van der Waals surface area contributed by atoms with E-state index in [4.69, 9.17) is 5.73 Å². The Bertz CT molecular complexity index is 770. The fraction of sp³-hybridized carbons (Fsp3) is 0.650. The van der Waals surface area contributed by atoms with E-state index in [2.05, 4.69) is 31.2 Å². The quantitative estimate of drug-likeness (QED) is 0.795. The lowest BCUT2D eigenvalue weighted by Gasteiger charge is -2.40. The molecular formula is C20H30N2O4S. The number of amides is 1. The van der Waals surface area contributed by atoms with E-state index in [1.54, 1.807) is 4.90 Å². The molecule has 2 atom stereocenters. The summed E-state index contributed by atoms with van der Waals surface area (Å²) in [5.74, 6) is -0.174. The maximum absolute atomic E-state index is 12.8. The Hall–Kier alpha value is -1.44. The molecule has 0 saturated carbocycles. The average Bonchev–Trinajstić information content (AvgIpc) is 2.62. The number of hydrogen-bond acceptors (Lipinski definition) is 5. The Kier molecular flexibility index (Phi) is 5.93. The second-order valence-corrected chi connectivity index (χ2v) is 10.4. The van der Waals surface area contributed by atoms with E-state index in [0.717, 1.165) is 19.3 Å². The SMILES string of the molecule is Cc1ccc(CC2CCN(C(=O)C(N)C3(O)CCCS(=O)(=O)C3)CC2)cc1. The third kappa shape index (κ3) is 4.89. The molecule has 7 heteroatoms. The van der Waals surface area contributed by atoms with E-state index in [1.807, 2.05) is 0 Å². The van der Waals surface area contributed by atoms with Crippen molar-refractivity contribution in [1.29, 1.82) is 0 Å². The molecule has 3 N–H and O–H groups in total. The lowest BCUT2D eigenvalue weighted by molar-refractivity contribution is -0.140. The molecule has 1 aromatic rings. The molecule has 2 aliphatic heterocycles. The van der Waals surface area contributed by atoms with Gasteiger partial charge >= 0.3 is 0 Å². The van der Waals surface area contributed by atoms with Crippen LogP contribution < -0.4 is 5.73 Å². The summed E-state index contributed by atoms with van der Waals surface area (Å²) in [6.07, 6.45) is 3.38. The van der Waals surface area contributed by atoms with Crippen LogP contribution in [0.2, 0.25) is 0 Å². The van der Waals surface area contributed by atoms with Crippen molar-refractivity contribution in [2.45, 2.75) is 50.7 Å². The van der Waals surface area contributed by atoms with Crippen LogP contribution in [0, 0.1) is 12.8 Å². The molecule has 3 rings (SSSR count). The van der Waals surface area contributed by atoms with Gasteiger partial charge in [-0.3, -0.25) is 4.79 Å². The van der Waals surface area contributed by atoms with Gasteiger partial charge in [0.05, 0.1) is 11.5 Å². The highest BCUT2D eigenvalue weighted by Crippen LogP contribution is 2.28. The number of nitrogens with zero attached hydrogens (tertiary/aromatic N) is 1. The number of piperidine rings is 1. The Morgan fingerprint density at radius 1 is 1.30 bits per heavy atom. The molecule has 1 amide bonds. The molecule has 2 heterocycles. The van der Waals surface area contributed by atoms with Gasteiger partial charge in [-0.25, -0.2) is 8.42 Å². The molecule has 2 aliphatic rings. The molecule has 2 unspecified atom stereocenters. The number of aryl methyl sites for hydroxylation is 1. The van der Waals surface area contributed by atoms with Crippen LogP contribution in [-0.2, 0) is 21.1 Å². The zero-order chi connectivity index (χ0) is 19.7. The van der Waals surface area contributed by atoms with Gasteiger partial charge in [-0.15, -0.1) is 0 Å². The fourth-order valence-corrected chi connectivity index (χ4v) is 6.02. The second kappa shape index (κ2) is 7.89. The number of aliphatic hydroxyl groups is 1. The van der Waals surface area contributed by atoms with Crippen molar-refractivity contribution in [2.24, 2.45) is 11.7 Å². The third-order valence-electron chi connectivity index (χ3n) is 5.95. The number of nitrogens with two attached hydrogens (primary N) is 1. The van der Waals surface area contributed by atoms with Gasteiger partial charge in [0.1, 0.15) is 11.6 Å². The molecule has 150 valence electrons. The van der Waals surface area contributed by atoms with Crippen LogP contribution in [0.25, 0.3) is 0 Å². The summed E-state index contributed by atoms with van der Waals surface area (Å²) < 4.78 is 23.7. The van der Waals surface area contributed by atoms with Gasteiger partial charge in [0, 0.05) is 13.1 Å². The largest absolute Gasteiger partial charge is 0.387 e. The first-order chi connectivity index (χ1) is 12.7. The van der Waals surface area contributed by atoms with Crippen molar-refractivity contribution in [3.8, 4) is 0 Å². The Morgan fingerprint density at radius 2 is 1.93 bits per heavy atom. The lowest BCUT2D eigenvalue weighted by Crippen LogP contribution is -2.62. The number of carbonyl (C=O) groups is 1. The van der Waals surface area contributed by atoms with Gasteiger partial charge in [-0.05, 0) is 50.5 Å². The number of carbonyl (C=O) groups excluding carboxylic acids is 1. The van der Waals surface area contributed by atoms with Crippen LogP contribution >= 0.6 is 0 Å². The van der Waals surface area contributed by atoms with E-state index in [1.165, 1.54) is 11.1 Å². The highest BCUT2D eigenvalue weighted by Gasteiger charge is 2.46. The summed E-state index contributed by atoms with van der Waals surface area (Å²) in [7, 11) is -3.35. The normalized spacial score (nSPS) is 27.3. The Labute approximate surface area is 161 Å². The second-order valence-electron chi connectivity index (χ2n) is 8.24. The topological polar surface area (TPSA) is 101 Å². The maximum Gasteiger partial charge on any atom is 0.242 e. The van der Waals surface area contributed by atoms with Gasteiger partial charge in [-0.1, -0.05) is 29.8 Å². The minimum atomic E-state index is -3.35. The zero-order valence-corrected chi connectivity index (χ0v) is 16.7. The standard InChI is InChI=1S/C20H30N2O4S/c1-15-3-5-16(6-4-15)13-17-7-10-22(11-8-17)19(23)18(21)20(24)9-2-12-27(25,26)14-20/h3-6,17-18,24H,2,7-14,21H2,1H3. The molecule has 0 spiro atoms. The van der Waals surface area contributed by atoms with Gasteiger partial charge in [0.2, 0.25) is 5.91 Å². The number of rotatable bonds is 4. The predicted octanol–water partition coefficient (Wildman–Crippen LogP) is 1.04. The summed E-state index contributed by atoms with van der Waals surface area (Å²) in [5, 5.41) is 10.7. The van der Waals surface area contributed by atoms with Gasteiger partial charge in [0.25, 0.3) is 0 Å². The summed E-state index contributed by atoms with van der Waals surface area (Å²) in [5.41, 5.74) is 6.95. The summed E-state index contributed by atoms with van der Waals surface area (Å²) >= 11 is 0. The van der Waals surface area contributed by atoms with E-state index in [9.17, 15) is 18.3 Å². The van der Waals surface area contributed by atoms with Crippen molar-refractivity contribution in [1.82, 2.24) is 4.90 Å². The Morgan fingerprint density at radius 3 is 2.52 bits per heavy atom. The van der Waals surface area contributed by atoms with Crippen LogP contribution in [0.5, 0.6) is 0 Å². The lowest BCUT2D eigenvalue weighted by atomic mass is 9.87. The molecule has 27 heavy (non-hydrogen) atoms. The van der Waals surface area contributed by atoms with Crippen molar-refractivity contribution < 1.29 is 18.3 Å². The predicted molar refractivity (Wildman–Crippen MR) is 105 cm³/mol. The number of sulfone groups is 1. The van der Waals surface area contributed by atoms with Crippen LogP contribution in [0.3, 0.4) is 0 Å². The molecule has 0 bridgehead atoms. The van der Waals surface area contributed by atoms with Gasteiger partial charge < -0.3 is 15.7 Å². The third-order valence-corrected chi connectivity index (χ3v) is 7.80. The first-order valence-electron chi connectivity index (χ1n) is 9.71. The molecule has 2 fully saturated rings. The number of likely N-dealkylation sites (tertiary alicyclic amines) is 1. The molecule has 0 aliphatic carbocycles. The highest BCUT2D eigenvalue weighted by atomic mass is 32.2. The van der Waals surface area contributed by atoms with Crippen molar-refractivity contribution in [2.75, 3.05) is 24.6 Å². The van der Waals surface area contributed by atoms with E-state index >= 15 is 0 Å².